The minimum Gasteiger partial charge on any atom is -0.478 e. The molecular weight excluding hydrogens is 183 g/mol. The van der Waals surface area contributed by atoms with Crippen molar-refractivity contribution in [1.82, 2.24) is 0 Å². The molecule has 0 rings (SSSR count). The van der Waals surface area contributed by atoms with E-state index in [0.717, 1.165) is 12.5 Å². The molecule has 0 saturated heterocycles. The Hall–Kier alpha value is -0.320. The predicted octanol–water partition coefficient (Wildman–Crippen LogP) is -1.72. The van der Waals surface area contributed by atoms with Crippen molar-refractivity contribution in [3.05, 3.63) is 11.6 Å². The summed E-state index contributed by atoms with van der Waals surface area (Å²) in [6.07, 6.45) is 2.62. The van der Waals surface area contributed by atoms with Crippen LogP contribution >= 0.6 is 0 Å². The molecule has 0 fully saturated rings. The Kier molecular flexibility index (Phi) is 9.67. The van der Waals surface area contributed by atoms with E-state index in [1.165, 1.54) is 0 Å². The van der Waals surface area contributed by atoms with Gasteiger partial charge >= 0.3 is 41.5 Å². The Morgan fingerprint density at radius 1 is 1.31 bits per heavy atom. The second kappa shape index (κ2) is 8.29. The van der Waals surface area contributed by atoms with E-state index in [0.29, 0.717) is 12.8 Å². The molecule has 0 heterocycles. The van der Waals surface area contributed by atoms with Gasteiger partial charge in [-0.3, -0.25) is 0 Å². The minimum absolute atomic E-state index is 0. The molecule has 0 aromatic carbocycles. The van der Waals surface area contributed by atoms with Crippen LogP contribution in [0.2, 0.25) is 0 Å². The van der Waals surface area contributed by atoms with E-state index >= 15 is 0 Å². The Labute approximate surface area is 98.9 Å². The number of aliphatic carboxylic acids is 2. The molecule has 0 atom stereocenters. The first-order valence-corrected chi connectivity index (χ1v) is 3.74. The Morgan fingerprint density at radius 3 is 2.15 bits per heavy atom. The molecule has 0 aromatic heterocycles. The van der Waals surface area contributed by atoms with Crippen molar-refractivity contribution in [2.24, 2.45) is 0 Å². The van der Waals surface area contributed by atoms with E-state index in [1.54, 1.807) is 0 Å². The summed E-state index contributed by atoms with van der Waals surface area (Å²) < 4.78 is 0. The van der Waals surface area contributed by atoms with Crippen LogP contribution in [-0.2, 0) is 9.59 Å². The van der Waals surface area contributed by atoms with Crippen LogP contribution in [-0.4, -0.2) is 22.2 Å². The molecule has 0 aromatic rings. The summed E-state index contributed by atoms with van der Waals surface area (Å²) in [7, 11) is 0. The van der Waals surface area contributed by atoms with Crippen molar-refractivity contribution >= 4 is 11.9 Å². The fraction of sp³-hybridized carbons (Fsp3) is 0.500. The maximum Gasteiger partial charge on any atom is 1.00 e. The van der Waals surface area contributed by atoms with E-state index in [1.807, 2.05) is 6.92 Å². The van der Waals surface area contributed by atoms with Crippen LogP contribution in [0, 0.1) is 0 Å². The third-order valence-corrected chi connectivity index (χ3v) is 1.37. The van der Waals surface area contributed by atoms with Crippen LogP contribution in [0.15, 0.2) is 11.6 Å². The van der Waals surface area contributed by atoms with Gasteiger partial charge < -0.3 is 10.2 Å². The quantitative estimate of drug-likeness (QED) is 0.404. The summed E-state index contributed by atoms with van der Waals surface area (Å²) >= 11 is 0. The normalized spacial score (nSPS) is 10.4. The second-order valence-electron chi connectivity index (χ2n) is 2.42. The molecule has 0 aliphatic heterocycles. The van der Waals surface area contributed by atoms with Crippen LogP contribution in [0.3, 0.4) is 0 Å². The summed E-state index contributed by atoms with van der Waals surface area (Å²) in [4.78, 5) is 20.5. The van der Waals surface area contributed by atoms with Crippen molar-refractivity contribution in [1.29, 1.82) is 0 Å². The molecule has 13 heavy (non-hydrogen) atoms. The fourth-order valence-electron chi connectivity index (χ4n) is 0.757. The fourth-order valence-corrected chi connectivity index (χ4v) is 0.757. The van der Waals surface area contributed by atoms with E-state index in [-0.39, 0.29) is 35.1 Å². The molecule has 0 saturated carbocycles. The predicted molar refractivity (Wildman–Crippen MR) is 42.9 cm³/mol. The van der Waals surface area contributed by atoms with Gasteiger partial charge in [-0.15, -0.1) is 0 Å². The Morgan fingerprint density at radius 2 is 1.85 bits per heavy atom. The number of carbonyl (C=O) groups is 2. The summed E-state index contributed by atoms with van der Waals surface area (Å²) in [5.74, 6) is -2.35. The van der Waals surface area contributed by atoms with Crippen molar-refractivity contribution in [3.63, 3.8) is 0 Å². The molecule has 5 heteroatoms. The number of carboxylic acid groups (broad SMARTS) is 2. The Balaban J connectivity index is 0. The molecule has 0 amide bonds. The molecule has 0 aliphatic carbocycles. The summed E-state index contributed by atoms with van der Waals surface area (Å²) in [6, 6.07) is 0. The summed E-state index contributed by atoms with van der Waals surface area (Å²) in [6.45, 7) is 1.92. The summed E-state index contributed by atoms with van der Waals surface area (Å²) in [5, 5.41) is 16.8. The topological polar surface area (TPSA) is 74.6 Å². The van der Waals surface area contributed by atoms with Crippen molar-refractivity contribution < 1.29 is 49.4 Å². The van der Waals surface area contributed by atoms with Crippen LogP contribution in [0.25, 0.3) is 0 Å². The maximum atomic E-state index is 10.4. The largest absolute Gasteiger partial charge is 1.00 e. The molecule has 4 nitrogen and oxygen atoms in total. The number of hydrogen-bond donors (Lipinski definition) is 2. The molecule has 2 N–H and O–H groups in total. The molecule has 0 radical (unpaired) electrons. The van der Waals surface area contributed by atoms with Gasteiger partial charge in [-0.2, -0.15) is 0 Å². The third-order valence-electron chi connectivity index (χ3n) is 1.37. The zero-order valence-corrected chi connectivity index (χ0v) is 9.91. The zero-order chi connectivity index (χ0) is 9.56. The van der Waals surface area contributed by atoms with Gasteiger partial charge in [-0.05, 0) is 12.8 Å². The number of hydrogen-bond acceptors (Lipinski definition) is 2. The standard InChI is InChI=1S/C8H12O4.Na/c1-2-3-4-6(8(11)12)5-7(9)10;/h5H,2-4H2,1H3,(H,9,10)(H,11,12);/q;+1/b6-5-;. The first-order chi connectivity index (χ1) is 5.57. The van der Waals surface area contributed by atoms with E-state index < -0.39 is 11.9 Å². The maximum absolute atomic E-state index is 10.4. The molecular formula is C8H12NaO4+. The van der Waals surface area contributed by atoms with Crippen LogP contribution < -0.4 is 29.6 Å². The average Bonchev–Trinajstić information content (AvgIpc) is 1.96. The molecule has 0 aliphatic rings. The van der Waals surface area contributed by atoms with Crippen LogP contribution in [0.1, 0.15) is 26.2 Å². The zero-order valence-electron chi connectivity index (χ0n) is 7.91. The third kappa shape index (κ3) is 8.02. The smallest absolute Gasteiger partial charge is 0.478 e. The van der Waals surface area contributed by atoms with Gasteiger partial charge in [-0.1, -0.05) is 13.3 Å². The molecule has 0 bridgehead atoms. The Bertz CT molecular complexity index is 210. The van der Waals surface area contributed by atoms with Gasteiger partial charge in [0.25, 0.3) is 0 Å². The molecule has 0 spiro atoms. The number of unbranched alkanes of at least 4 members (excludes halogenated alkanes) is 1. The van der Waals surface area contributed by atoms with Gasteiger partial charge in [0.2, 0.25) is 0 Å². The second-order valence-corrected chi connectivity index (χ2v) is 2.42. The van der Waals surface area contributed by atoms with Crippen LogP contribution in [0.5, 0.6) is 0 Å². The number of rotatable bonds is 5. The molecule has 68 valence electrons. The van der Waals surface area contributed by atoms with E-state index in [9.17, 15) is 9.59 Å². The van der Waals surface area contributed by atoms with Crippen molar-refractivity contribution in [2.45, 2.75) is 26.2 Å². The van der Waals surface area contributed by atoms with Gasteiger partial charge in [0.05, 0.1) is 0 Å². The van der Waals surface area contributed by atoms with Crippen molar-refractivity contribution in [2.75, 3.05) is 0 Å². The van der Waals surface area contributed by atoms with E-state index in [2.05, 4.69) is 0 Å². The van der Waals surface area contributed by atoms with Gasteiger partial charge in [-0.25, -0.2) is 9.59 Å². The van der Waals surface area contributed by atoms with Gasteiger partial charge in [0.1, 0.15) is 0 Å². The first-order valence-electron chi connectivity index (χ1n) is 3.74. The minimum atomic E-state index is -1.21. The van der Waals surface area contributed by atoms with Crippen molar-refractivity contribution in [3.8, 4) is 0 Å². The number of carboxylic acids is 2. The molecule has 0 unspecified atom stereocenters. The van der Waals surface area contributed by atoms with E-state index in [4.69, 9.17) is 10.2 Å². The SMILES string of the molecule is CCCC/C(=C/C(=O)O)C(=O)O.[Na+]. The first kappa shape index (κ1) is 15.2. The monoisotopic (exact) mass is 195 g/mol. The van der Waals surface area contributed by atoms with Crippen LogP contribution in [0.4, 0.5) is 0 Å². The van der Waals surface area contributed by atoms with Gasteiger partial charge in [0.15, 0.2) is 0 Å². The summed E-state index contributed by atoms with van der Waals surface area (Å²) in [5.41, 5.74) is -0.0376. The average molecular weight is 195 g/mol. The van der Waals surface area contributed by atoms with Gasteiger partial charge in [0, 0.05) is 11.6 Å².